The minimum absolute atomic E-state index is 0.278. The Labute approximate surface area is 119 Å². The lowest BCUT2D eigenvalue weighted by Gasteiger charge is -2.22. The van der Waals surface area contributed by atoms with Crippen LogP contribution in [0.5, 0.6) is 0 Å². The van der Waals surface area contributed by atoms with Gasteiger partial charge in [-0.1, -0.05) is 48.8 Å². The highest BCUT2D eigenvalue weighted by molar-refractivity contribution is 9.10. The molecule has 0 saturated carbocycles. The maximum atomic E-state index is 6.00. The minimum Gasteiger partial charge on any atom is -0.372 e. The number of ether oxygens (including phenoxy) is 1. The van der Waals surface area contributed by atoms with E-state index >= 15 is 0 Å². The molecule has 0 aliphatic heterocycles. The Kier molecular flexibility index (Phi) is 7.56. The van der Waals surface area contributed by atoms with Crippen LogP contribution in [0.4, 0.5) is 0 Å². The van der Waals surface area contributed by atoms with E-state index < -0.39 is 0 Å². The number of rotatable bonds is 8. The molecule has 0 fully saturated rings. The van der Waals surface area contributed by atoms with E-state index in [-0.39, 0.29) is 6.10 Å². The van der Waals surface area contributed by atoms with E-state index in [1.54, 1.807) is 0 Å². The van der Waals surface area contributed by atoms with Crippen molar-refractivity contribution in [3.8, 4) is 0 Å². The van der Waals surface area contributed by atoms with Gasteiger partial charge in [-0.15, -0.1) is 0 Å². The molecule has 0 aliphatic rings. The van der Waals surface area contributed by atoms with Gasteiger partial charge in [0.1, 0.15) is 0 Å². The SMILES string of the molecule is CCCNCC(OCc1ccc(Br)cc1)C(C)C. The predicted molar refractivity (Wildman–Crippen MR) is 80.7 cm³/mol. The van der Waals surface area contributed by atoms with E-state index in [9.17, 15) is 0 Å². The van der Waals surface area contributed by atoms with Crippen molar-refractivity contribution in [2.24, 2.45) is 5.92 Å². The molecule has 0 bridgehead atoms. The average molecular weight is 314 g/mol. The summed E-state index contributed by atoms with van der Waals surface area (Å²) in [5, 5.41) is 3.43. The van der Waals surface area contributed by atoms with Crippen LogP contribution >= 0.6 is 15.9 Å². The Morgan fingerprint density at radius 2 is 1.89 bits per heavy atom. The molecule has 2 nitrogen and oxygen atoms in total. The fourth-order valence-corrected chi connectivity index (χ4v) is 1.96. The molecule has 1 aromatic rings. The van der Waals surface area contributed by atoms with Gasteiger partial charge in [0.25, 0.3) is 0 Å². The van der Waals surface area contributed by atoms with Crippen LogP contribution in [0, 0.1) is 5.92 Å². The van der Waals surface area contributed by atoms with Crippen molar-refractivity contribution in [1.29, 1.82) is 0 Å². The number of hydrogen-bond donors (Lipinski definition) is 1. The zero-order chi connectivity index (χ0) is 13.4. The third kappa shape index (κ3) is 5.98. The Bertz CT molecular complexity index is 324. The van der Waals surface area contributed by atoms with Crippen LogP contribution in [0.2, 0.25) is 0 Å². The van der Waals surface area contributed by atoms with E-state index in [0.717, 1.165) is 24.0 Å². The van der Waals surface area contributed by atoms with Crippen molar-refractivity contribution in [3.05, 3.63) is 34.3 Å². The zero-order valence-corrected chi connectivity index (χ0v) is 13.2. The van der Waals surface area contributed by atoms with Crippen LogP contribution in [0.25, 0.3) is 0 Å². The van der Waals surface area contributed by atoms with Crippen molar-refractivity contribution in [2.75, 3.05) is 13.1 Å². The lowest BCUT2D eigenvalue weighted by atomic mass is 10.1. The third-order valence-corrected chi connectivity index (χ3v) is 3.42. The molecule has 18 heavy (non-hydrogen) atoms. The van der Waals surface area contributed by atoms with Crippen molar-refractivity contribution in [1.82, 2.24) is 5.32 Å². The summed E-state index contributed by atoms with van der Waals surface area (Å²) in [5.41, 5.74) is 1.22. The van der Waals surface area contributed by atoms with Gasteiger partial charge >= 0.3 is 0 Å². The van der Waals surface area contributed by atoms with Gasteiger partial charge < -0.3 is 10.1 Å². The van der Waals surface area contributed by atoms with E-state index in [1.807, 2.05) is 0 Å². The molecular weight excluding hydrogens is 290 g/mol. The predicted octanol–water partition coefficient (Wildman–Crippen LogP) is 3.99. The monoisotopic (exact) mass is 313 g/mol. The van der Waals surface area contributed by atoms with Gasteiger partial charge in [-0.25, -0.2) is 0 Å². The number of nitrogens with one attached hydrogen (secondary N) is 1. The highest BCUT2D eigenvalue weighted by Crippen LogP contribution is 2.13. The second-order valence-electron chi connectivity index (χ2n) is 4.92. The van der Waals surface area contributed by atoms with Gasteiger partial charge in [-0.05, 0) is 36.6 Å². The first-order chi connectivity index (χ1) is 8.63. The summed E-state index contributed by atoms with van der Waals surface area (Å²) in [7, 11) is 0. The standard InChI is InChI=1S/C15H24BrNO/c1-4-9-17-10-15(12(2)3)18-11-13-5-7-14(16)8-6-13/h5-8,12,15,17H,4,9-11H2,1-3H3. The first-order valence-electron chi connectivity index (χ1n) is 6.70. The quantitative estimate of drug-likeness (QED) is 0.733. The molecule has 1 atom stereocenters. The van der Waals surface area contributed by atoms with Gasteiger partial charge in [0.05, 0.1) is 12.7 Å². The van der Waals surface area contributed by atoms with Crippen LogP contribution in [0.3, 0.4) is 0 Å². The summed E-state index contributed by atoms with van der Waals surface area (Å²) < 4.78 is 7.11. The largest absolute Gasteiger partial charge is 0.372 e. The Morgan fingerprint density at radius 1 is 1.22 bits per heavy atom. The summed E-state index contributed by atoms with van der Waals surface area (Å²) in [6.45, 7) is 9.27. The molecular formula is C15H24BrNO. The minimum atomic E-state index is 0.278. The highest BCUT2D eigenvalue weighted by atomic mass is 79.9. The molecule has 3 heteroatoms. The van der Waals surface area contributed by atoms with Crippen LogP contribution in [0.1, 0.15) is 32.8 Å². The van der Waals surface area contributed by atoms with Crippen LogP contribution in [-0.4, -0.2) is 19.2 Å². The maximum absolute atomic E-state index is 6.00. The van der Waals surface area contributed by atoms with Gasteiger partial charge in [-0.3, -0.25) is 0 Å². The lowest BCUT2D eigenvalue weighted by Crippen LogP contribution is -2.33. The fraction of sp³-hybridized carbons (Fsp3) is 0.600. The first kappa shape index (κ1) is 15.7. The maximum Gasteiger partial charge on any atom is 0.0726 e. The normalized spacial score (nSPS) is 12.9. The van der Waals surface area contributed by atoms with Crippen LogP contribution < -0.4 is 5.32 Å². The highest BCUT2D eigenvalue weighted by Gasteiger charge is 2.13. The van der Waals surface area contributed by atoms with E-state index in [0.29, 0.717) is 12.5 Å². The number of benzene rings is 1. The number of hydrogen-bond acceptors (Lipinski definition) is 2. The molecule has 0 spiro atoms. The summed E-state index contributed by atoms with van der Waals surface area (Å²) in [6.07, 6.45) is 1.44. The lowest BCUT2D eigenvalue weighted by molar-refractivity contribution is 0.0115. The van der Waals surface area contributed by atoms with Crippen LogP contribution in [0.15, 0.2) is 28.7 Å². The molecule has 1 rings (SSSR count). The molecule has 1 unspecified atom stereocenters. The molecule has 0 aliphatic carbocycles. The van der Waals surface area contributed by atoms with Crippen molar-refractivity contribution in [2.45, 2.75) is 39.9 Å². The van der Waals surface area contributed by atoms with E-state index in [2.05, 4.69) is 66.3 Å². The average Bonchev–Trinajstić information content (AvgIpc) is 2.35. The summed E-state index contributed by atoms with van der Waals surface area (Å²) in [5.74, 6) is 0.532. The Morgan fingerprint density at radius 3 is 2.44 bits per heavy atom. The molecule has 0 saturated heterocycles. The molecule has 0 amide bonds. The van der Waals surface area contributed by atoms with Crippen LogP contribution in [-0.2, 0) is 11.3 Å². The van der Waals surface area contributed by atoms with Crippen molar-refractivity contribution < 1.29 is 4.74 Å². The third-order valence-electron chi connectivity index (χ3n) is 2.89. The number of halogens is 1. The summed E-state index contributed by atoms with van der Waals surface area (Å²) in [4.78, 5) is 0. The molecule has 1 N–H and O–H groups in total. The van der Waals surface area contributed by atoms with Gasteiger partial charge in [0, 0.05) is 11.0 Å². The second kappa shape index (κ2) is 8.68. The molecule has 0 radical (unpaired) electrons. The topological polar surface area (TPSA) is 21.3 Å². The molecule has 102 valence electrons. The second-order valence-corrected chi connectivity index (χ2v) is 5.84. The summed E-state index contributed by atoms with van der Waals surface area (Å²) >= 11 is 3.44. The van der Waals surface area contributed by atoms with E-state index in [1.165, 1.54) is 5.56 Å². The fourth-order valence-electron chi connectivity index (χ4n) is 1.69. The van der Waals surface area contributed by atoms with E-state index in [4.69, 9.17) is 4.74 Å². The molecule has 0 aromatic heterocycles. The molecule has 1 aromatic carbocycles. The van der Waals surface area contributed by atoms with Gasteiger partial charge in [0.15, 0.2) is 0 Å². The van der Waals surface area contributed by atoms with Gasteiger partial charge in [0.2, 0.25) is 0 Å². The van der Waals surface area contributed by atoms with Crippen molar-refractivity contribution >= 4 is 15.9 Å². The zero-order valence-electron chi connectivity index (χ0n) is 11.6. The first-order valence-corrected chi connectivity index (χ1v) is 7.49. The van der Waals surface area contributed by atoms with Crippen molar-refractivity contribution in [3.63, 3.8) is 0 Å². The smallest absolute Gasteiger partial charge is 0.0726 e. The Balaban J connectivity index is 2.39. The Hall–Kier alpha value is -0.380. The summed E-state index contributed by atoms with van der Waals surface area (Å²) in [6, 6.07) is 8.30. The van der Waals surface area contributed by atoms with Gasteiger partial charge in [-0.2, -0.15) is 0 Å². The molecule has 0 heterocycles.